The zero-order valence-corrected chi connectivity index (χ0v) is 11.4. The molecule has 0 saturated carbocycles. The molecule has 4 N–H and O–H groups in total. The lowest BCUT2D eigenvalue weighted by atomic mass is 9.93. The van der Waals surface area contributed by atoms with Crippen molar-refractivity contribution in [1.29, 1.82) is 0 Å². The van der Waals surface area contributed by atoms with E-state index in [1.165, 1.54) is 0 Å². The molecule has 6 heteroatoms. The Bertz CT molecular complexity index is 513. The van der Waals surface area contributed by atoms with E-state index in [4.69, 9.17) is 10.9 Å². The highest BCUT2D eigenvalue weighted by Crippen LogP contribution is 2.22. The van der Waals surface area contributed by atoms with Crippen LogP contribution in [-0.4, -0.2) is 45.6 Å². The number of benzene rings is 1. The van der Waals surface area contributed by atoms with Gasteiger partial charge in [-0.2, -0.15) is 0 Å². The number of nitrogens with zero attached hydrogens (tertiary/aromatic N) is 2. The van der Waals surface area contributed by atoms with Crippen LogP contribution < -0.4 is 5.73 Å². The van der Waals surface area contributed by atoms with Gasteiger partial charge in [0.05, 0.1) is 5.60 Å². The maximum atomic E-state index is 12.3. The summed E-state index contributed by atoms with van der Waals surface area (Å²) in [6.45, 7) is 2.89. The molecular weight excluding hydrogens is 258 g/mol. The number of rotatable bonds is 2. The molecule has 0 bridgehead atoms. The number of carbonyl (C=O) groups is 1. The summed E-state index contributed by atoms with van der Waals surface area (Å²) in [5.74, 6) is -0.0513. The average molecular weight is 277 g/mol. The molecule has 1 saturated heterocycles. The summed E-state index contributed by atoms with van der Waals surface area (Å²) in [6.07, 6.45) is 1.17. The van der Waals surface area contributed by atoms with Crippen molar-refractivity contribution in [2.45, 2.75) is 25.4 Å². The van der Waals surface area contributed by atoms with Crippen molar-refractivity contribution in [3.05, 3.63) is 35.4 Å². The van der Waals surface area contributed by atoms with E-state index < -0.39 is 5.60 Å². The van der Waals surface area contributed by atoms with Crippen molar-refractivity contribution in [2.24, 2.45) is 10.9 Å². The van der Waals surface area contributed by atoms with Crippen LogP contribution >= 0.6 is 0 Å². The molecule has 6 nitrogen and oxygen atoms in total. The molecule has 0 aliphatic carbocycles. The first-order valence-electron chi connectivity index (χ1n) is 6.52. The van der Waals surface area contributed by atoms with Gasteiger partial charge in [0, 0.05) is 24.2 Å². The van der Waals surface area contributed by atoms with E-state index in [2.05, 4.69) is 5.16 Å². The van der Waals surface area contributed by atoms with Gasteiger partial charge in [-0.15, -0.1) is 0 Å². The molecule has 1 fully saturated rings. The quantitative estimate of drug-likeness (QED) is 0.322. The number of amidine groups is 1. The molecule has 0 spiro atoms. The second-order valence-electron chi connectivity index (χ2n) is 5.35. The molecule has 0 radical (unpaired) electrons. The molecule has 0 unspecified atom stereocenters. The summed E-state index contributed by atoms with van der Waals surface area (Å²) in [6, 6.07) is 6.59. The third kappa shape index (κ3) is 3.08. The first-order chi connectivity index (χ1) is 9.43. The van der Waals surface area contributed by atoms with Crippen molar-refractivity contribution in [3.63, 3.8) is 0 Å². The molecule has 1 heterocycles. The highest BCUT2D eigenvalue weighted by Gasteiger charge is 2.29. The third-order valence-electron chi connectivity index (χ3n) is 3.66. The highest BCUT2D eigenvalue weighted by atomic mass is 16.4. The van der Waals surface area contributed by atoms with Gasteiger partial charge in [0.1, 0.15) is 0 Å². The predicted octanol–water partition coefficient (Wildman–Crippen LogP) is 0.768. The van der Waals surface area contributed by atoms with Crippen LogP contribution in [0.4, 0.5) is 0 Å². The smallest absolute Gasteiger partial charge is 0.253 e. The van der Waals surface area contributed by atoms with Gasteiger partial charge >= 0.3 is 0 Å². The molecule has 2 rings (SSSR count). The van der Waals surface area contributed by atoms with Crippen LogP contribution in [0.1, 0.15) is 35.7 Å². The maximum absolute atomic E-state index is 12.3. The van der Waals surface area contributed by atoms with E-state index in [9.17, 15) is 9.90 Å². The third-order valence-corrected chi connectivity index (χ3v) is 3.66. The number of hydrogen-bond acceptors (Lipinski definition) is 4. The van der Waals surface area contributed by atoms with E-state index in [1.54, 1.807) is 36.1 Å². The molecule has 20 heavy (non-hydrogen) atoms. The lowest BCUT2D eigenvalue weighted by Crippen LogP contribution is -2.45. The van der Waals surface area contributed by atoms with Gasteiger partial charge in [-0.05, 0) is 31.9 Å². The molecule has 0 aromatic heterocycles. The normalized spacial score (nSPS) is 18.9. The van der Waals surface area contributed by atoms with Gasteiger partial charge in [0.25, 0.3) is 5.91 Å². The summed E-state index contributed by atoms with van der Waals surface area (Å²) < 4.78 is 0. The molecule has 1 aromatic rings. The van der Waals surface area contributed by atoms with Crippen molar-refractivity contribution in [3.8, 4) is 0 Å². The Kier molecular flexibility index (Phi) is 3.94. The summed E-state index contributed by atoms with van der Waals surface area (Å²) >= 11 is 0. The topological polar surface area (TPSA) is 99.2 Å². The van der Waals surface area contributed by atoms with Gasteiger partial charge in [-0.1, -0.05) is 17.3 Å². The van der Waals surface area contributed by atoms with Crippen LogP contribution in [0.2, 0.25) is 0 Å². The van der Waals surface area contributed by atoms with Gasteiger partial charge in [-0.25, -0.2) is 0 Å². The molecule has 108 valence electrons. The van der Waals surface area contributed by atoms with Crippen LogP contribution in [0.3, 0.4) is 0 Å². The number of piperidine rings is 1. The van der Waals surface area contributed by atoms with E-state index in [1.807, 2.05) is 0 Å². The number of amides is 1. The number of carbonyl (C=O) groups excluding carboxylic acids is 1. The van der Waals surface area contributed by atoms with Gasteiger partial charge in [-0.3, -0.25) is 4.79 Å². The average Bonchev–Trinajstić information content (AvgIpc) is 2.46. The minimum absolute atomic E-state index is 0.0121. The molecule has 0 atom stereocenters. The molecule has 1 aromatic carbocycles. The fraction of sp³-hybridized carbons (Fsp3) is 0.429. The Hall–Kier alpha value is -2.08. The van der Waals surface area contributed by atoms with Gasteiger partial charge < -0.3 is 20.9 Å². The second-order valence-corrected chi connectivity index (χ2v) is 5.35. The van der Waals surface area contributed by atoms with Gasteiger partial charge in [0.2, 0.25) is 0 Å². The van der Waals surface area contributed by atoms with Crippen molar-refractivity contribution >= 4 is 11.7 Å². The minimum atomic E-state index is -0.674. The van der Waals surface area contributed by atoms with Gasteiger partial charge in [0.15, 0.2) is 5.84 Å². The standard InChI is InChI=1S/C14H19N3O3/c1-14(19)6-8-17(9-7-14)13(18)11-4-2-10(3-5-11)12(15)16-20/h2-5,19-20H,6-9H2,1H3,(H2,15,16). The van der Waals surface area contributed by atoms with E-state index in [-0.39, 0.29) is 11.7 Å². The number of oxime groups is 1. The molecule has 1 amide bonds. The van der Waals surface area contributed by atoms with Crippen LogP contribution in [-0.2, 0) is 0 Å². The molecule has 1 aliphatic heterocycles. The number of aliphatic hydroxyl groups is 1. The summed E-state index contributed by atoms with van der Waals surface area (Å²) in [4.78, 5) is 14.0. The van der Waals surface area contributed by atoms with Crippen LogP contribution in [0.15, 0.2) is 29.4 Å². The SMILES string of the molecule is CC1(O)CCN(C(=O)c2ccc(/C(N)=N/O)cc2)CC1. The summed E-state index contributed by atoms with van der Waals surface area (Å²) in [5.41, 5.74) is 5.91. The Labute approximate surface area is 117 Å². The van der Waals surface area contributed by atoms with Crippen LogP contribution in [0, 0.1) is 0 Å². The van der Waals surface area contributed by atoms with Crippen molar-refractivity contribution < 1.29 is 15.1 Å². The Balaban J connectivity index is 2.07. The lowest BCUT2D eigenvalue weighted by Gasteiger charge is -2.35. The van der Waals surface area contributed by atoms with E-state index in [0.29, 0.717) is 37.1 Å². The minimum Gasteiger partial charge on any atom is -0.409 e. The first-order valence-corrected chi connectivity index (χ1v) is 6.52. The molecular formula is C14H19N3O3. The number of hydrogen-bond donors (Lipinski definition) is 3. The Morgan fingerprint density at radius 1 is 1.25 bits per heavy atom. The maximum Gasteiger partial charge on any atom is 0.253 e. The fourth-order valence-electron chi connectivity index (χ4n) is 2.22. The first kappa shape index (κ1) is 14.3. The number of nitrogens with two attached hydrogens (primary N) is 1. The molecule has 1 aliphatic rings. The summed E-state index contributed by atoms with van der Waals surface area (Å²) in [5, 5.41) is 21.4. The predicted molar refractivity (Wildman–Crippen MR) is 74.7 cm³/mol. The lowest BCUT2D eigenvalue weighted by molar-refractivity contribution is -0.00202. The second kappa shape index (κ2) is 5.50. The van der Waals surface area contributed by atoms with Crippen molar-refractivity contribution in [2.75, 3.05) is 13.1 Å². The van der Waals surface area contributed by atoms with E-state index in [0.717, 1.165) is 0 Å². The monoisotopic (exact) mass is 277 g/mol. The largest absolute Gasteiger partial charge is 0.409 e. The van der Waals surface area contributed by atoms with Crippen LogP contribution in [0.5, 0.6) is 0 Å². The van der Waals surface area contributed by atoms with Crippen LogP contribution in [0.25, 0.3) is 0 Å². The number of likely N-dealkylation sites (tertiary alicyclic amines) is 1. The Morgan fingerprint density at radius 3 is 2.25 bits per heavy atom. The fourth-order valence-corrected chi connectivity index (χ4v) is 2.22. The Morgan fingerprint density at radius 2 is 1.75 bits per heavy atom. The zero-order valence-electron chi connectivity index (χ0n) is 11.4. The highest BCUT2D eigenvalue weighted by molar-refractivity contribution is 5.99. The zero-order chi connectivity index (χ0) is 14.8. The van der Waals surface area contributed by atoms with E-state index >= 15 is 0 Å². The van der Waals surface area contributed by atoms with Crippen molar-refractivity contribution in [1.82, 2.24) is 4.90 Å². The summed E-state index contributed by atoms with van der Waals surface area (Å²) in [7, 11) is 0.